The summed E-state index contributed by atoms with van der Waals surface area (Å²) in [5.74, 6) is 1.13. The molecule has 96 valence electrons. The standard InChI is InChI=1S/C10H21N7/c1-10(2,3)16-14-8-7(11)9(13-6-12-8)15-17(4)5/h6,16H,11H2,1-5H3,(H2,12,13,14,15). The van der Waals surface area contributed by atoms with Gasteiger partial charge in [-0.25, -0.2) is 20.4 Å². The lowest BCUT2D eigenvalue weighted by atomic mass is 10.1. The number of nitrogens with two attached hydrogens (primary N) is 1. The highest BCUT2D eigenvalue weighted by atomic mass is 15.5. The molecule has 0 spiro atoms. The molecule has 0 saturated carbocycles. The highest BCUT2D eigenvalue weighted by molar-refractivity contribution is 5.73. The molecule has 0 aliphatic carbocycles. The Kier molecular flexibility index (Phi) is 4.08. The summed E-state index contributed by atoms with van der Waals surface area (Å²) in [7, 11) is 3.73. The first-order valence-corrected chi connectivity index (χ1v) is 5.37. The summed E-state index contributed by atoms with van der Waals surface area (Å²) in [6.07, 6.45) is 1.45. The van der Waals surface area contributed by atoms with Crippen molar-refractivity contribution in [2.24, 2.45) is 0 Å². The predicted octanol–water partition coefficient (Wildman–Crippen LogP) is 0.662. The lowest BCUT2D eigenvalue weighted by Crippen LogP contribution is -2.40. The van der Waals surface area contributed by atoms with Gasteiger partial charge in [0.15, 0.2) is 11.6 Å². The van der Waals surface area contributed by atoms with E-state index in [1.165, 1.54) is 6.33 Å². The molecule has 7 heteroatoms. The van der Waals surface area contributed by atoms with Crippen LogP contribution in [0.15, 0.2) is 6.33 Å². The van der Waals surface area contributed by atoms with Gasteiger partial charge in [-0.15, -0.1) is 0 Å². The monoisotopic (exact) mass is 239 g/mol. The van der Waals surface area contributed by atoms with Crippen LogP contribution >= 0.6 is 0 Å². The Bertz CT molecular complexity index is 369. The van der Waals surface area contributed by atoms with E-state index in [9.17, 15) is 0 Å². The van der Waals surface area contributed by atoms with Crippen molar-refractivity contribution in [3.8, 4) is 0 Å². The summed E-state index contributed by atoms with van der Waals surface area (Å²) in [5.41, 5.74) is 15.4. The maximum absolute atomic E-state index is 5.94. The average molecular weight is 239 g/mol. The minimum atomic E-state index is -0.0769. The molecular formula is C10H21N7. The van der Waals surface area contributed by atoms with Crippen molar-refractivity contribution >= 4 is 17.3 Å². The second-order valence-corrected chi connectivity index (χ2v) is 4.99. The second-order valence-electron chi connectivity index (χ2n) is 4.99. The van der Waals surface area contributed by atoms with E-state index in [-0.39, 0.29) is 5.54 Å². The molecular weight excluding hydrogens is 218 g/mol. The third kappa shape index (κ3) is 4.41. The minimum Gasteiger partial charge on any atom is -0.393 e. The number of rotatable bonds is 4. The summed E-state index contributed by atoms with van der Waals surface area (Å²) in [5, 5.41) is 1.76. The van der Waals surface area contributed by atoms with E-state index in [1.54, 1.807) is 5.01 Å². The summed E-state index contributed by atoms with van der Waals surface area (Å²) in [6, 6.07) is 0. The topological polar surface area (TPSA) is 91.1 Å². The molecule has 0 fully saturated rings. The predicted molar refractivity (Wildman–Crippen MR) is 70.3 cm³/mol. The lowest BCUT2D eigenvalue weighted by Gasteiger charge is -2.22. The first-order valence-electron chi connectivity index (χ1n) is 5.37. The van der Waals surface area contributed by atoms with Crippen molar-refractivity contribution in [1.82, 2.24) is 20.4 Å². The number of nitrogens with one attached hydrogen (secondary N) is 3. The molecule has 1 rings (SSSR count). The van der Waals surface area contributed by atoms with Crippen LogP contribution in [0.4, 0.5) is 17.3 Å². The summed E-state index contributed by atoms with van der Waals surface area (Å²) in [4.78, 5) is 8.15. The van der Waals surface area contributed by atoms with E-state index >= 15 is 0 Å². The molecule has 0 aliphatic rings. The van der Waals surface area contributed by atoms with Gasteiger partial charge in [0.1, 0.15) is 12.0 Å². The summed E-state index contributed by atoms with van der Waals surface area (Å²) < 4.78 is 0. The number of nitrogen functional groups attached to an aromatic ring is 1. The van der Waals surface area contributed by atoms with Crippen molar-refractivity contribution in [1.29, 1.82) is 0 Å². The van der Waals surface area contributed by atoms with Crippen molar-refractivity contribution in [2.75, 3.05) is 30.7 Å². The summed E-state index contributed by atoms with van der Waals surface area (Å²) >= 11 is 0. The molecule has 1 heterocycles. The zero-order valence-electron chi connectivity index (χ0n) is 11.0. The lowest BCUT2D eigenvalue weighted by molar-refractivity contribution is 0.464. The van der Waals surface area contributed by atoms with Crippen LogP contribution < -0.4 is 22.0 Å². The zero-order valence-corrected chi connectivity index (χ0v) is 11.0. The Morgan fingerprint density at radius 1 is 1.18 bits per heavy atom. The molecule has 7 nitrogen and oxygen atoms in total. The van der Waals surface area contributed by atoms with Crippen LogP contribution in [-0.2, 0) is 0 Å². The van der Waals surface area contributed by atoms with Gasteiger partial charge in [0.05, 0.1) is 0 Å². The Labute approximate surface area is 102 Å². The van der Waals surface area contributed by atoms with Crippen LogP contribution in [-0.4, -0.2) is 34.6 Å². The van der Waals surface area contributed by atoms with E-state index in [2.05, 4.69) is 26.2 Å². The Morgan fingerprint density at radius 2 is 1.76 bits per heavy atom. The fraction of sp³-hybridized carbons (Fsp3) is 0.600. The molecule has 0 bridgehead atoms. The maximum atomic E-state index is 5.94. The van der Waals surface area contributed by atoms with Gasteiger partial charge in [-0.1, -0.05) is 0 Å². The first-order chi connectivity index (χ1) is 7.79. The summed E-state index contributed by atoms with van der Waals surface area (Å²) in [6.45, 7) is 6.11. The van der Waals surface area contributed by atoms with E-state index in [4.69, 9.17) is 5.73 Å². The van der Waals surface area contributed by atoms with Gasteiger partial charge in [0.2, 0.25) is 0 Å². The van der Waals surface area contributed by atoms with Crippen molar-refractivity contribution < 1.29 is 0 Å². The van der Waals surface area contributed by atoms with Crippen LogP contribution in [0.25, 0.3) is 0 Å². The van der Waals surface area contributed by atoms with Crippen LogP contribution in [0.2, 0.25) is 0 Å². The van der Waals surface area contributed by atoms with E-state index in [0.717, 1.165) is 0 Å². The highest BCUT2D eigenvalue weighted by Gasteiger charge is 2.12. The van der Waals surface area contributed by atoms with Crippen LogP contribution in [0.1, 0.15) is 20.8 Å². The Morgan fingerprint density at radius 3 is 2.29 bits per heavy atom. The van der Waals surface area contributed by atoms with Gasteiger partial charge in [-0.2, -0.15) is 0 Å². The van der Waals surface area contributed by atoms with Gasteiger partial charge in [-0.3, -0.25) is 0 Å². The van der Waals surface area contributed by atoms with Crippen LogP contribution in [0.5, 0.6) is 0 Å². The first kappa shape index (κ1) is 13.5. The molecule has 0 saturated heterocycles. The zero-order chi connectivity index (χ0) is 13.1. The van der Waals surface area contributed by atoms with Crippen molar-refractivity contribution in [3.63, 3.8) is 0 Å². The average Bonchev–Trinajstić information content (AvgIpc) is 2.17. The molecule has 0 aromatic carbocycles. The number of aromatic nitrogens is 2. The maximum Gasteiger partial charge on any atom is 0.169 e. The largest absolute Gasteiger partial charge is 0.393 e. The van der Waals surface area contributed by atoms with Crippen molar-refractivity contribution in [2.45, 2.75) is 26.3 Å². The molecule has 17 heavy (non-hydrogen) atoms. The molecule has 0 aliphatic heterocycles. The smallest absolute Gasteiger partial charge is 0.169 e. The second kappa shape index (κ2) is 5.15. The SMILES string of the molecule is CN(C)Nc1ncnc(NNC(C)(C)C)c1N. The fourth-order valence-corrected chi connectivity index (χ4v) is 1.04. The molecule has 0 amide bonds. The van der Waals surface area contributed by atoms with Gasteiger partial charge in [0.25, 0.3) is 0 Å². The van der Waals surface area contributed by atoms with Gasteiger partial charge in [0, 0.05) is 19.6 Å². The molecule has 1 aromatic heterocycles. The number of nitrogens with zero attached hydrogens (tertiary/aromatic N) is 3. The van der Waals surface area contributed by atoms with Crippen molar-refractivity contribution in [3.05, 3.63) is 6.33 Å². The molecule has 0 unspecified atom stereocenters. The molecule has 5 N–H and O–H groups in total. The van der Waals surface area contributed by atoms with Crippen LogP contribution in [0.3, 0.4) is 0 Å². The minimum absolute atomic E-state index is 0.0769. The Balaban J connectivity index is 2.80. The van der Waals surface area contributed by atoms with Gasteiger partial charge < -0.3 is 16.6 Å². The third-order valence-electron chi connectivity index (χ3n) is 1.77. The Hall–Kier alpha value is -1.60. The number of hydrogen-bond donors (Lipinski definition) is 4. The number of anilines is 3. The van der Waals surface area contributed by atoms with Gasteiger partial charge >= 0.3 is 0 Å². The third-order valence-corrected chi connectivity index (χ3v) is 1.77. The normalized spacial score (nSPS) is 11.6. The quantitative estimate of drug-likeness (QED) is 0.574. The van der Waals surface area contributed by atoms with Crippen LogP contribution in [0, 0.1) is 0 Å². The fourth-order valence-electron chi connectivity index (χ4n) is 1.04. The molecule has 0 atom stereocenters. The number of hydrogen-bond acceptors (Lipinski definition) is 7. The molecule has 0 radical (unpaired) electrons. The highest BCUT2D eigenvalue weighted by Crippen LogP contribution is 2.21. The van der Waals surface area contributed by atoms with E-state index in [0.29, 0.717) is 17.3 Å². The van der Waals surface area contributed by atoms with E-state index in [1.807, 2.05) is 34.9 Å². The molecule has 1 aromatic rings. The van der Waals surface area contributed by atoms with Gasteiger partial charge in [-0.05, 0) is 20.8 Å². The number of hydrazine groups is 2. The van der Waals surface area contributed by atoms with E-state index < -0.39 is 0 Å².